The summed E-state index contributed by atoms with van der Waals surface area (Å²) in [5.41, 5.74) is 8.55. The van der Waals surface area contributed by atoms with Crippen molar-refractivity contribution in [2.75, 3.05) is 6.61 Å². The molecule has 6 aromatic rings. The molecule has 2 aliphatic heterocycles. The molecule has 0 unspecified atom stereocenters. The van der Waals surface area contributed by atoms with Crippen molar-refractivity contribution in [3.63, 3.8) is 0 Å². The third-order valence-electron chi connectivity index (χ3n) is 8.51. The monoisotopic (exact) mass is 545 g/mol. The van der Waals surface area contributed by atoms with E-state index in [1.54, 1.807) is 0 Å². The molecule has 0 bridgehead atoms. The number of ether oxygens (including phenoxy) is 1. The average molecular weight is 546 g/mol. The van der Waals surface area contributed by atoms with Crippen LogP contribution in [-0.4, -0.2) is 28.4 Å². The molecule has 3 heterocycles. The number of aliphatic imine (C=N–C) groups is 1. The van der Waals surface area contributed by atoms with Gasteiger partial charge in [0.25, 0.3) is 0 Å². The lowest BCUT2D eigenvalue weighted by molar-refractivity contribution is 0.247. The van der Waals surface area contributed by atoms with Crippen molar-refractivity contribution in [2.24, 2.45) is 4.99 Å². The number of pyridine rings is 1. The Bertz CT molecular complexity index is 1880. The summed E-state index contributed by atoms with van der Waals surface area (Å²) in [5.74, 6) is 0.655. The first kappa shape index (κ1) is 25.0. The molecule has 204 valence electrons. The number of hydrogen-bond acceptors (Lipinski definition) is 4. The highest BCUT2D eigenvalue weighted by Crippen LogP contribution is 2.42. The summed E-state index contributed by atoms with van der Waals surface area (Å²) < 4.78 is 6.04. The molecule has 0 spiro atoms. The smallest absolute Gasteiger partial charge is 0.235 e. The molecule has 0 saturated carbocycles. The lowest BCUT2D eigenvalue weighted by Crippen LogP contribution is -2.22. The Morgan fingerprint density at radius 1 is 0.643 bits per heavy atom. The van der Waals surface area contributed by atoms with Gasteiger partial charge in [0.1, 0.15) is 12.3 Å². The number of fused-ring (bicyclic) bond motifs is 7. The van der Waals surface area contributed by atoms with Crippen LogP contribution in [0.1, 0.15) is 28.1 Å². The second kappa shape index (κ2) is 10.6. The van der Waals surface area contributed by atoms with E-state index in [2.05, 4.69) is 114 Å². The Kier molecular flexibility index (Phi) is 6.27. The molecule has 1 atom stereocenters. The van der Waals surface area contributed by atoms with E-state index in [0.717, 1.165) is 37.4 Å². The number of nitrogens with zero attached hydrogens (tertiary/aromatic N) is 3. The van der Waals surface area contributed by atoms with Crippen molar-refractivity contribution in [3.8, 4) is 11.1 Å². The van der Waals surface area contributed by atoms with E-state index < -0.39 is 0 Å². The maximum absolute atomic E-state index is 6.04. The van der Waals surface area contributed by atoms with Crippen LogP contribution in [0.25, 0.3) is 32.7 Å². The largest absolute Gasteiger partial charge is 0.474 e. The highest BCUT2D eigenvalue weighted by molar-refractivity contribution is 6.08. The van der Waals surface area contributed by atoms with E-state index in [1.165, 1.54) is 49.4 Å². The van der Waals surface area contributed by atoms with Gasteiger partial charge < -0.3 is 4.74 Å². The molecule has 42 heavy (non-hydrogen) atoms. The van der Waals surface area contributed by atoms with Crippen molar-refractivity contribution in [2.45, 2.75) is 32.1 Å². The van der Waals surface area contributed by atoms with Crippen LogP contribution in [0.3, 0.4) is 0 Å². The molecule has 0 N–H and O–H groups in total. The van der Waals surface area contributed by atoms with Crippen molar-refractivity contribution in [3.05, 3.63) is 149 Å². The maximum atomic E-state index is 6.04. The van der Waals surface area contributed by atoms with Crippen LogP contribution in [0.5, 0.6) is 0 Å². The number of aromatic nitrogens is 1. The van der Waals surface area contributed by atoms with Gasteiger partial charge in [0.05, 0.1) is 11.7 Å². The van der Waals surface area contributed by atoms with E-state index >= 15 is 0 Å². The minimum Gasteiger partial charge on any atom is -0.474 e. The normalized spacial score (nSPS) is 16.5. The standard InChI is InChI=1S/C38H31N3O/c1-2-9-26(10-3-1)21-32-25-42-38(40-32)35-16-8-13-31(39-35)24-41-22-29-19-17-27-11-4-6-14-33(27)36(29)37-30(23-41)20-18-28-12-5-7-15-34(28)37/h1-20,32H,21-25H2/t32-/m0/s1. The summed E-state index contributed by atoms with van der Waals surface area (Å²) >= 11 is 0. The zero-order valence-electron chi connectivity index (χ0n) is 23.4. The highest BCUT2D eigenvalue weighted by Gasteiger charge is 2.25. The van der Waals surface area contributed by atoms with Crippen molar-refractivity contribution >= 4 is 27.4 Å². The maximum Gasteiger partial charge on any atom is 0.235 e. The summed E-state index contributed by atoms with van der Waals surface area (Å²) in [6.07, 6.45) is 0.875. The molecule has 0 amide bonds. The third-order valence-corrected chi connectivity index (χ3v) is 8.51. The van der Waals surface area contributed by atoms with Crippen LogP contribution in [0, 0.1) is 0 Å². The molecule has 5 aromatic carbocycles. The molecule has 4 nitrogen and oxygen atoms in total. The Balaban J connectivity index is 1.13. The summed E-state index contributed by atoms with van der Waals surface area (Å²) in [6, 6.07) is 43.5. The Hall–Kier alpha value is -4.80. The fourth-order valence-electron chi connectivity index (χ4n) is 6.60. The summed E-state index contributed by atoms with van der Waals surface area (Å²) in [6.45, 7) is 3.04. The SMILES string of the molecule is c1ccc(C[C@H]2COC(c3cccc(CN4Cc5ccc6ccccc6c5-c5c(ccc6ccccc56)C4)n3)=N2)cc1. The highest BCUT2D eigenvalue weighted by atomic mass is 16.5. The van der Waals surface area contributed by atoms with E-state index in [1.807, 2.05) is 12.1 Å². The minimum atomic E-state index is 0.121. The van der Waals surface area contributed by atoms with Crippen LogP contribution < -0.4 is 0 Å². The zero-order valence-corrected chi connectivity index (χ0v) is 23.4. The molecule has 0 aliphatic carbocycles. The van der Waals surface area contributed by atoms with Gasteiger partial charge in [-0.2, -0.15) is 0 Å². The lowest BCUT2D eigenvalue weighted by atomic mass is 9.88. The fourth-order valence-corrected chi connectivity index (χ4v) is 6.60. The van der Waals surface area contributed by atoms with Crippen molar-refractivity contribution in [1.29, 1.82) is 0 Å². The summed E-state index contributed by atoms with van der Waals surface area (Å²) in [7, 11) is 0. The first-order valence-electron chi connectivity index (χ1n) is 14.7. The second-order valence-corrected chi connectivity index (χ2v) is 11.4. The van der Waals surface area contributed by atoms with Crippen LogP contribution in [0.2, 0.25) is 0 Å². The predicted molar refractivity (Wildman–Crippen MR) is 171 cm³/mol. The van der Waals surface area contributed by atoms with E-state index in [4.69, 9.17) is 14.7 Å². The van der Waals surface area contributed by atoms with Gasteiger partial charge in [-0.15, -0.1) is 0 Å². The molecular formula is C38H31N3O. The van der Waals surface area contributed by atoms with E-state index in [-0.39, 0.29) is 6.04 Å². The van der Waals surface area contributed by atoms with Gasteiger partial charge in [0, 0.05) is 19.6 Å². The first-order valence-corrected chi connectivity index (χ1v) is 14.7. The van der Waals surface area contributed by atoms with Gasteiger partial charge in [-0.3, -0.25) is 4.90 Å². The Morgan fingerprint density at radius 3 is 1.98 bits per heavy atom. The van der Waals surface area contributed by atoms with Crippen LogP contribution >= 0.6 is 0 Å². The number of benzene rings is 5. The molecule has 0 radical (unpaired) electrons. The molecule has 2 aliphatic rings. The minimum absolute atomic E-state index is 0.121. The van der Waals surface area contributed by atoms with E-state index in [9.17, 15) is 0 Å². The second-order valence-electron chi connectivity index (χ2n) is 11.4. The number of rotatable bonds is 5. The topological polar surface area (TPSA) is 37.7 Å². The van der Waals surface area contributed by atoms with Crippen LogP contribution in [-0.2, 0) is 30.8 Å². The van der Waals surface area contributed by atoms with Gasteiger partial charge >= 0.3 is 0 Å². The lowest BCUT2D eigenvalue weighted by Gasteiger charge is -2.21. The quantitative estimate of drug-likeness (QED) is 0.221. The number of hydrogen-bond donors (Lipinski definition) is 0. The molecule has 0 fully saturated rings. The summed E-state index contributed by atoms with van der Waals surface area (Å²) in [5, 5.41) is 5.19. The van der Waals surface area contributed by atoms with Crippen LogP contribution in [0.4, 0.5) is 0 Å². The molecule has 4 heteroatoms. The van der Waals surface area contributed by atoms with Crippen molar-refractivity contribution in [1.82, 2.24) is 9.88 Å². The van der Waals surface area contributed by atoms with Gasteiger partial charge in [-0.25, -0.2) is 9.98 Å². The first-order chi connectivity index (χ1) is 20.8. The van der Waals surface area contributed by atoms with Gasteiger partial charge in [-0.05, 0) is 67.9 Å². The molecule has 0 saturated heterocycles. The zero-order chi connectivity index (χ0) is 27.9. The van der Waals surface area contributed by atoms with Crippen LogP contribution in [0.15, 0.2) is 126 Å². The average Bonchev–Trinajstić information content (AvgIpc) is 3.43. The molecular weight excluding hydrogens is 514 g/mol. The molecule has 1 aromatic heterocycles. The van der Waals surface area contributed by atoms with Gasteiger partial charge in [0.2, 0.25) is 5.90 Å². The Labute approximate surface area is 245 Å². The Morgan fingerprint density at radius 2 is 1.29 bits per heavy atom. The third kappa shape index (κ3) is 4.64. The van der Waals surface area contributed by atoms with E-state index in [0.29, 0.717) is 12.5 Å². The van der Waals surface area contributed by atoms with Gasteiger partial charge in [0.15, 0.2) is 0 Å². The predicted octanol–water partition coefficient (Wildman–Crippen LogP) is 7.96. The van der Waals surface area contributed by atoms with Crippen molar-refractivity contribution < 1.29 is 4.74 Å². The summed E-state index contributed by atoms with van der Waals surface area (Å²) in [4.78, 5) is 12.4. The molecule has 8 rings (SSSR count). The van der Waals surface area contributed by atoms with Gasteiger partial charge in [-0.1, -0.05) is 109 Å². The fraction of sp³-hybridized carbons (Fsp3) is 0.158.